The zero-order chi connectivity index (χ0) is 17.5. The number of amides is 1. The van der Waals surface area contributed by atoms with Crippen LogP contribution in [0.15, 0.2) is 67.0 Å². The van der Waals surface area contributed by atoms with Crippen LogP contribution in [0, 0.1) is 5.82 Å². The topological polar surface area (TPSA) is 66.9 Å². The Balaban J connectivity index is 1.60. The zero-order valence-corrected chi connectivity index (χ0v) is 13.4. The van der Waals surface area contributed by atoms with Gasteiger partial charge in [-0.2, -0.15) is 0 Å². The molecular formula is C19H17FN4O. The SMILES string of the molecule is O=C(NCc1ccccc1F)c1cc(NCc2ccccn2)ccn1. The second-order valence-electron chi connectivity index (χ2n) is 5.38. The van der Waals surface area contributed by atoms with Crippen LogP contribution < -0.4 is 10.6 Å². The Kier molecular flexibility index (Phi) is 5.31. The lowest BCUT2D eigenvalue weighted by Crippen LogP contribution is -2.24. The number of hydrogen-bond acceptors (Lipinski definition) is 4. The minimum atomic E-state index is -0.357. The van der Waals surface area contributed by atoms with Crippen molar-refractivity contribution in [2.75, 3.05) is 5.32 Å². The normalized spacial score (nSPS) is 10.3. The maximum atomic E-state index is 13.6. The molecule has 2 heterocycles. The van der Waals surface area contributed by atoms with Crippen LogP contribution in [-0.2, 0) is 13.1 Å². The summed E-state index contributed by atoms with van der Waals surface area (Å²) in [6.45, 7) is 0.653. The predicted octanol–water partition coefficient (Wildman–Crippen LogP) is 3.16. The molecule has 2 N–H and O–H groups in total. The molecule has 3 rings (SSSR count). The first-order valence-electron chi connectivity index (χ1n) is 7.84. The van der Waals surface area contributed by atoms with Gasteiger partial charge < -0.3 is 10.6 Å². The van der Waals surface area contributed by atoms with E-state index in [2.05, 4.69) is 20.6 Å². The van der Waals surface area contributed by atoms with Crippen molar-refractivity contribution in [3.05, 3.63) is 89.8 Å². The van der Waals surface area contributed by atoms with E-state index in [0.717, 1.165) is 11.4 Å². The minimum Gasteiger partial charge on any atom is -0.379 e. The molecule has 0 atom stereocenters. The van der Waals surface area contributed by atoms with Gasteiger partial charge in [0.15, 0.2) is 0 Å². The van der Waals surface area contributed by atoms with Crippen molar-refractivity contribution in [2.45, 2.75) is 13.1 Å². The fourth-order valence-corrected chi connectivity index (χ4v) is 2.27. The molecule has 25 heavy (non-hydrogen) atoms. The van der Waals surface area contributed by atoms with Crippen LogP contribution in [0.4, 0.5) is 10.1 Å². The summed E-state index contributed by atoms with van der Waals surface area (Å²) in [5, 5.41) is 5.87. The largest absolute Gasteiger partial charge is 0.379 e. The van der Waals surface area contributed by atoms with Crippen molar-refractivity contribution in [1.29, 1.82) is 0 Å². The fraction of sp³-hybridized carbons (Fsp3) is 0.105. The number of hydrogen-bond donors (Lipinski definition) is 2. The Labute approximate surface area is 145 Å². The molecule has 0 bridgehead atoms. The molecule has 0 aliphatic heterocycles. The Bertz CT molecular complexity index is 855. The standard InChI is InChI=1S/C19H17FN4O/c20-17-7-2-1-5-14(17)12-24-19(25)18-11-15(8-10-22-18)23-13-16-6-3-4-9-21-16/h1-11H,12-13H2,(H,22,23)(H,24,25). The summed E-state index contributed by atoms with van der Waals surface area (Å²) in [7, 11) is 0. The van der Waals surface area contributed by atoms with Gasteiger partial charge in [-0.3, -0.25) is 14.8 Å². The van der Waals surface area contributed by atoms with Crippen LogP contribution in [-0.4, -0.2) is 15.9 Å². The molecule has 0 saturated heterocycles. The summed E-state index contributed by atoms with van der Waals surface area (Å²) in [5.41, 5.74) is 2.35. The first kappa shape index (κ1) is 16.6. The van der Waals surface area contributed by atoms with Gasteiger partial charge in [-0.1, -0.05) is 24.3 Å². The van der Waals surface area contributed by atoms with Gasteiger partial charge in [0.1, 0.15) is 11.5 Å². The van der Waals surface area contributed by atoms with Crippen molar-refractivity contribution >= 4 is 11.6 Å². The van der Waals surface area contributed by atoms with Crippen LogP contribution in [0.2, 0.25) is 0 Å². The van der Waals surface area contributed by atoms with E-state index in [1.807, 2.05) is 18.2 Å². The second kappa shape index (κ2) is 8.01. The summed E-state index contributed by atoms with van der Waals surface area (Å²) in [6, 6.07) is 15.4. The molecular weight excluding hydrogens is 319 g/mol. The average Bonchev–Trinajstić information content (AvgIpc) is 2.66. The molecule has 0 unspecified atom stereocenters. The Morgan fingerprint density at radius 1 is 0.960 bits per heavy atom. The Morgan fingerprint density at radius 3 is 2.60 bits per heavy atom. The average molecular weight is 336 g/mol. The van der Waals surface area contributed by atoms with Crippen LogP contribution >= 0.6 is 0 Å². The van der Waals surface area contributed by atoms with Gasteiger partial charge in [0.05, 0.1) is 12.2 Å². The third kappa shape index (κ3) is 4.60. The molecule has 5 nitrogen and oxygen atoms in total. The molecule has 1 amide bonds. The number of anilines is 1. The molecule has 0 aliphatic rings. The minimum absolute atomic E-state index is 0.110. The number of rotatable bonds is 6. The number of benzene rings is 1. The van der Waals surface area contributed by atoms with Crippen molar-refractivity contribution in [3.63, 3.8) is 0 Å². The van der Waals surface area contributed by atoms with E-state index in [9.17, 15) is 9.18 Å². The van der Waals surface area contributed by atoms with Crippen LogP contribution in [0.1, 0.15) is 21.7 Å². The van der Waals surface area contributed by atoms with Gasteiger partial charge in [-0.25, -0.2) is 4.39 Å². The lowest BCUT2D eigenvalue weighted by Gasteiger charge is -2.09. The van der Waals surface area contributed by atoms with Crippen molar-refractivity contribution in [3.8, 4) is 0 Å². The van der Waals surface area contributed by atoms with Crippen LogP contribution in [0.5, 0.6) is 0 Å². The van der Waals surface area contributed by atoms with Gasteiger partial charge >= 0.3 is 0 Å². The molecule has 126 valence electrons. The Morgan fingerprint density at radius 2 is 1.80 bits per heavy atom. The van der Waals surface area contributed by atoms with Gasteiger partial charge in [-0.05, 0) is 30.3 Å². The molecule has 6 heteroatoms. The van der Waals surface area contributed by atoms with Crippen LogP contribution in [0.25, 0.3) is 0 Å². The summed E-state index contributed by atoms with van der Waals surface area (Å²) in [5.74, 6) is -0.703. The molecule has 1 aromatic carbocycles. The third-order valence-corrected chi connectivity index (χ3v) is 3.59. The number of carbonyl (C=O) groups excluding carboxylic acids is 1. The summed E-state index contributed by atoms with van der Waals surface area (Å²) >= 11 is 0. The lowest BCUT2D eigenvalue weighted by atomic mass is 10.2. The number of carbonyl (C=O) groups is 1. The highest BCUT2D eigenvalue weighted by Gasteiger charge is 2.09. The molecule has 0 aliphatic carbocycles. The molecule has 3 aromatic rings. The third-order valence-electron chi connectivity index (χ3n) is 3.59. The quantitative estimate of drug-likeness (QED) is 0.726. The number of nitrogens with zero attached hydrogens (tertiary/aromatic N) is 2. The van der Waals surface area contributed by atoms with E-state index in [1.54, 1.807) is 42.7 Å². The smallest absolute Gasteiger partial charge is 0.270 e. The van der Waals surface area contributed by atoms with E-state index < -0.39 is 0 Å². The Hall–Kier alpha value is -3.28. The molecule has 0 radical (unpaired) electrons. The highest BCUT2D eigenvalue weighted by molar-refractivity contribution is 5.93. The summed E-state index contributed by atoms with van der Waals surface area (Å²) in [6.07, 6.45) is 3.28. The monoisotopic (exact) mass is 336 g/mol. The van der Waals surface area contributed by atoms with E-state index in [-0.39, 0.29) is 24.0 Å². The number of aromatic nitrogens is 2. The second-order valence-corrected chi connectivity index (χ2v) is 5.38. The maximum Gasteiger partial charge on any atom is 0.270 e. The number of halogens is 1. The van der Waals surface area contributed by atoms with E-state index in [0.29, 0.717) is 12.1 Å². The highest BCUT2D eigenvalue weighted by atomic mass is 19.1. The van der Waals surface area contributed by atoms with Crippen molar-refractivity contribution < 1.29 is 9.18 Å². The fourth-order valence-electron chi connectivity index (χ4n) is 2.27. The van der Waals surface area contributed by atoms with Gasteiger partial charge in [0, 0.05) is 30.2 Å². The van der Waals surface area contributed by atoms with E-state index in [1.165, 1.54) is 6.07 Å². The summed E-state index contributed by atoms with van der Waals surface area (Å²) in [4.78, 5) is 20.5. The zero-order valence-electron chi connectivity index (χ0n) is 13.4. The molecule has 0 saturated carbocycles. The van der Waals surface area contributed by atoms with Gasteiger partial charge in [-0.15, -0.1) is 0 Å². The van der Waals surface area contributed by atoms with Crippen molar-refractivity contribution in [2.24, 2.45) is 0 Å². The number of nitrogens with one attached hydrogen (secondary N) is 2. The van der Waals surface area contributed by atoms with E-state index >= 15 is 0 Å². The predicted molar refractivity (Wildman–Crippen MR) is 93.4 cm³/mol. The van der Waals surface area contributed by atoms with Crippen molar-refractivity contribution in [1.82, 2.24) is 15.3 Å². The first-order chi connectivity index (χ1) is 12.2. The van der Waals surface area contributed by atoms with Crippen LogP contribution in [0.3, 0.4) is 0 Å². The van der Waals surface area contributed by atoms with Gasteiger partial charge in [0.2, 0.25) is 0 Å². The molecule has 0 fully saturated rings. The lowest BCUT2D eigenvalue weighted by molar-refractivity contribution is 0.0945. The summed E-state index contributed by atoms with van der Waals surface area (Å²) < 4.78 is 13.6. The first-order valence-corrected chi connectivity index (χ1v) is 7.84. The molecule has 0 spiro atoms. The van der Waals surface area contributed by atoms with Gasteiger partial charge in [0.25, 0.3) is 5.91 Å². The highest BCUT2D eigenvalue weighted by Crippen LogP contribution is 2.10. The van der Waals surface area contributed by atoms with E-state index in [4.69, 9.17) is 0 Å². The maximum absolute atomic E-state index is 13.6. The number of pyridine rings is 2. The molecule has 2 aromatic heterocycles.